The standard InChI is InChI=1S/C16H25N3/c1-2-8-17-16-10-14(7-9-18-16)19-11-15(12-3-4-12)13-5-6-13/h7,9-10,12-13,15H,2-6,8,11H2,1H3,(H2,17,18,19). The van der Waals surface area contributed by atoms with Crippen LogP contribution in [0.1, 0.15) is 39.0 Å². The van der Waals surface area contributed by atoms with Gasteiger partial charge in [0.05, 0.1) is 0 Å². The van der Waals surface area contributed by atoms with E-state index in [-0.39, 0.29) is 0 Å². The molecule has 0 amide bonds. The van der Waals surface area contributed by atoms with Gasteiger partial charge in [-0.15, -0.1) is 0 Å². The van der Waals surface area contributed by atoms with Crippen LogP contribution in [0.15, 0.2) is 18.3 Å². The molecule has 0 atom stereocenters. The summed E-state index contributed by atoms with van der Waals surface area (Å²) in [7, 11) is 0. The minimum absolute atomic E-state index is 0.917. The molecule has 3 heteroatoms. The summed E-state index contributed by atoms with van der Waals surface area (Å²) in [5.74, 6) is 3.93. The van der Waals surface area contributed by atoms with Crippen molar-refractivity contribution in [2.24, 2.45) is 17.8 Å². The normalized spacial score (nSPS) is 18.6. The number of hydrogen-bond donors (Lipinski definition) is 2. The van der Waals surface area contributed by atoms with E-state index in [4.69, 9.17) is 0 Å². The molecule has 2 fully saturated rings. The predicted molar refractivity (Wildman–Crippen MR) is 80.4 cm³/mol. The van der Waals surface area contributed by atoms with Gasteiger partial charge in [0.15, 0.2) is 0 Å². The Balaban J connectivity index is 1.53. The Morgan fingerprint density at radius 3 is 2.58 bits per heavy atom. The Bertz CT molecular complexity index is 398. The van der Waals surface area contributed by atoms with Crippen LogP contribution in [0.3, 0.4) is 0 Å². The molecule has 1 aromatic heterocycles. The van der Waals surface area contributed by atoms with Crippen LogP contribution in [0, 0.1) is 17.8 Å². The van der Waals surface area contributed by atoms with Crippen LogP contribution >= 0.6 is 0 Å². The number of hydrogen-bond acceptors (Lipinski definition) is 3. The van der Waals surface area contributed by atoms with Crippen molar-refractivity contribution in [3.8, 4) is 0 Å². The molecule has 2 saturated carbocycles. The molecule has 19 heavy (non-hydrogen) atoms. The number of anilines is 2. The highest BCUT2D eigenvalue weighted by atomic mass is 15.0. The van der Waals surface area contributed by atoms with Gasteiger partial charge in [0.2, 0.25) is 0 Å². The lowest BCUT2D eigenvalue weighted by atomic mass is 9.98. The lowest BCUT2D eigenvalue weighted by molar-refractivity contribution is 0.428. The highest BCUT2D eigenvalue weighted by Crippen LogP contribution is 2.49. The lowest BCUT2D eigenvalue weighted by Gasteiger charge is -2.17. The molecular formula is C16H25N3. The highest BCUT2D eigenvalue weighted by Gasteiger charge is 2.40. The molecule has 3 rings (SSSR count). The predicted octanol–water partition coefficient (Wildman–Crippen LogP) is 3.75. The molecule has 0 spiro atoms. The van der Waals surface area contributed by atoms with Gasteiger partial charge in [-0.1, -0.05) is 6.92 Å². The summed E-state index contributed by atoms with van der Waals surface area (Å²) < 4.78 is 0. The van der Waals surface area contributed by atoms with Crippen molar-refractivity contribution in [3.05, 3.63) is 18.3 Å². The molecule has 1 aromatic rings. The average molecular weight is 259 g/mol. The van der Waals surface area contributed by atoms with E-state index in [1.165, 1.54) is 31.4 Å². The van der Waals surface area contributed by atoms with E-state index >= 15 is 0 Å². The van der Waals surface area contributed by atoms with Gasteiger partial charge in [0, 0.05) is 31.0 Å². The molecule has 104 valence electrons. The first-order valence-corrected chi connectivity index (χ1v) is 7.80. The monoisotopic (exact) mass is 259 g/mol. The Hall–Kier alpha value is -1.25. The number of pyridine rings is 1. The maximum absolute atomic E-state index is 4.35. The van der Waals surface area contributed by atoms with Crippen molar-refractivity contribution < 1.29 is 0 Å². The molecule has 2 aliphatic carbocycles. The highest BCUT2D eigenvalue weighted by molar-refractivity contribution is 5.51. The summed E-state index contributed by atoms with van der Waals surface area (Å²) in [6, 6.07) is 4.21. The van der Waals surface area contributed by atoms with Crippen LogP contribution in [-0.2, 0) is 0 Å². The van der Waals surface area contributed by atoms with E-state index in [0.717, 1.165) is 43.1 Å². The second kappa shape index (κ2) is 5.81. The van der Waals surface area contributed by atoms with Crippen molar-refractivity contribution in [3.63, 3.8) is 0 Å². The van der Waals surface area contributed by atoms with Crippen LogP contribution in [0.5, 0.6) is 0 Å². The Labute approximate surface area is 116 Å². The van der Waals surface area contributed by atoms with E-state index in [1.54, 1.807) is 0 Å². The molecule has 0 saturated heterocycles. The van der Waals surface area contributed by atoms with Crippen LogP contribution in [0.2, 0.25) is 0 Å². The first-order valence-electron chi connectivity index (χ1n) is 7.80. The second-order valence-electron chi connectivity index (χ2n) is 6.08. The quantitative estimate of drug-likeness (QED) is 0.746. The summed E-state index contributed by atoms with van der Waals surface area (Å²) in [6.07, 6.45) is 8.87. The van der Waals surface area contributed by atoms with Crippen molar-refractivity contribution in [1.29, 1.82) is 0 Å². The van der Waals surface area contributed by atoms with E-state index in [2.05, 4.69) is 34.7 Å². The summed E-state index contributed by atoms with van der Waals surface area (Å²) in [5.41, 5.74) is 1.21. The SMILES string of the molecule is CCCNc1cc(NCC(C2CC2)C2CC2)ccn1. The Morgan fingerprint density at radius 2 is 1.95 bits per heavy atom. The smallest absolute Gasteiger partial charge is 0.127 e. The topological polar surface area (TPSA) is 37.0 Å². The third kappa shape index (κ3) is 3.62. The molecule has 3 nitrogen and oxygen atoms in total. The van der Waals surface area contributed by atoms with Crippen LogP contribution < -0.4 is 10.6 Å². The van der Waals surface area contributed by atoms with Crippen molar-refractivity contribution in [2.45, 2.75) is 39.0 Å². The summed E-state index contributed by atoms with van der Waals surface area (Å²) in [4.78, 5) is 4.35. The van der Waals surface area contributed by atoms with E-state index < -0.39 is 0 Å². The van der Waals surface area contributed by atoms with Crippen molar-refractivity contribution >= 4 is 11.5 Å². The Morgan fingerprint density at radius 1 is 1.21 bits per heavy atom. The minimum atomic E-state index is 0.917. The molecule has 1 heterocycles. The summed E-state index contributed by atoms with van der Waals surface area (Å²) in [6.45, 7) is 4.31. The van der Waals surface area contributed by atoms with Gasteiger partial charge in [-0.05, 0) is 55.9 Å². The third-order valence-electron chi connectivity index (χ3n) is 4.31. The van der Waals surface area contributed by atoms with E-state index in [0.29, 0.717) is 0 Å². The van der Waals surface area contributed by atoms with E-state index in [9.17, 15) is 0 Å². The fourth-order valence-electron chi connectivity index (χ4n) is 2.89. The fraction of sp³-hybridized carbons (Fsp3) is 0.688. The summed E-state index contributed by atoms with van der Waals surface area (Å²) >= 11 is 0. The molecule has 2 N–H and O–H groups in total. The first-order chi connectivity index (χ1) is 9.36. The first kappa shape index (κ1) is 12.8. The van der Waals surface area contributed by atoms with Crippen LogP contribution in [-0.4, -0.2) is 18.1 Å². The lowest BCUT2D eigenvalue weighted by Crippen LogP contribution is -2.18. The van der Waals surface area contributed by atoms with Crippen LogP contribution in [0.4, 0.5) is 11.5 Å². The second-order valence-corrected chi connectivity index (χ2v) is 6.08. The third-order valence-corrected chi connectivity index (χ3v) is 4.31. The summed E-state index contributed by atoms with van der Waals surface area (Å²) in [5, 5.41) is 6.97. The molecule has 0 radical (unpaired) electrons. The van der Waals surface area contributed by atoms with Gasteiger partial charge in [0.1, 0.15) is 5.82 Å². The zero-order chi connectivity index (χ0) is 13.1. The Kier molecular flexibility index (Phi) is 3.90. The molecule has 0 bridgehead atoms. The molecule has 0 unspecified atom stereocenters. The molecule has 0 aliphatic heterocycles. The zero-order valence-corrected chi connectivity index (χ0v) is 11.9. The van der Waals surface area contributed by atoms with Gasteiger partial charge < -0.3 is 10.6 Å². The van der Waals surface area contributed by atoms with Gasteiger partial charge in [-0.25, -0.2) is 4.98 Å². The van der Waals surface area contributed by atoms with Gasteiger partial charge in [-0.2, -0.15) is 0 Å². The molecule has 2 aliphatic rings. The average Bonchev–Trinajstić information content (AvgIpc) is 3.29. The number of nitrogens with one attached hydrogen (secondary N) is 2. The van der Waals surface area contributed by atoms with Crippen molar-refractivity contribution in [1.82, 2.24) is 4.98 Å². The number of aromatic nitrogens is 1. The maximum atomic E-state index is 4.35. The van der Waals surface area contributed by atoms with Crippen LogP contribution in [0.25, 0.3) is 0 Å². The van der Waals surface area contributed by atoms with Gasteiger partial charge in [-0.3, -0.25) is 0 Å². The molecular weight excluding hydrogens is 234 g/mol. The zero-order valence-electron chi connectivity index (χ0n) is 11.9. The van der Waals surface area contributed by atoms with Crippen molar-refractivity contribution in [2.75, 3.05) is 23.7 Å². The molecule has 0 aromatic carbocycles. The van der Waals surface area contributed by atoms with E-state index in [1.807, 2.05) is 6.20 Å². The van der Waals surface area contributed by atoms with Gasteiger partial charge >= 0.3 is 0 Å². The maximum Gasteiger partial charge on any atom is 0.127 e. The largest absolute Gasteiger partial charge is 0.385 e. The number of rotatable bonds is 8. The fourth-order valence-corrected chi connectivity index (χ4v) is 2.89. The number of nitrogens with zero attached hydrogens (tertiary/aromatic N) is 1. The van der Waals surface area contributed by atoms with Gasteiger partial charge in [0.25, 0.3) is 0 Å². The minimum Gasteiger partial charge on any atom is -0.385 e.